The number of halogens is 4. The molecule has 6 nitrogen and oxygen atoms in total. The number of hydrogen-bond acceptors (Lipinski definition) is 4. The molecule has 0 heterocycles. The summed E-state index contributed by atoms with van der Waals surface area (Å²) in [4.78, 5) is 22.8. The number of nitrogens with zero attached hydrogens (tertiary/aromatic N) is 1. The van der Waals surface area contributed by atoms with Crippen LogP contribution in [0.2, 0.25) is 0 Å². The summed E-state index contributed by atoms with van der Waals surface area (Å²) in [5.74, 6) is -1.45. The minimum Gasteiger partial charge on any atom is -0.376 e. The predicted octanol–water partition coefficient (Wildman–Crippen LogP) is 5.35. The Bertz CT molecular complexity index is 1190. The predicted molar refractivity (Wildman–Crippen MR) is 113 cm³/mol. The minimum atomic E-state index is -4.97. The molecule has 3 aromatic carbocycles. The van der Waals surface area contributed by atoms with Crippen LogP contribution in [0.4, 0.5) is 28.9 Å². The Labute approximate surface area is 185 Å². The zero-order valence-corrected chi connectivity index (χ0v) is 17.2. The first-order valence-corrected chi connectivity index (χ1v) is 9.62. The molecule has 2 N–H and O–H groups in total. The van der Waals surface area contributed by atoms with Crippen LogP contribution in [-0.4, -0.2) is 22.1 Å². The number of nitro groups is 1. The van der Waals surface area contributed by atoms with Crippen LogP contribution in [0.15, 0.2) is 66.7 Å². The Morgan fingerprint density at radius 3 is 2.27 bits per heavy atom. The summed E-state index contributed by atoms with van der Waals surface area (Å²) in [7, 11) is 0. The lowest BCUT2D eigenvalue weighted by atomic mass is 9.93. The van der Waals surface area contributed by atoms with E-state index in [1.165, 1.54) is 42.5 Å². The van der Waals surface area contributed by atoms with Crippen molar-refractivity contribution in [1.82, 2.24) is 0 Å². The van der Waals surface area contributed by atoms with Gasteiger partial charge < -0.3 is 10.4 Å². The van der Waals surface area contributed by atoms with Crippen LogP contribution >= 0.6 is 0 Å². The number of alkyl halides is 3. The van der Waals surface area contributed by atoms with Crippen molar-refractivity contribution in [2.45, 2.75) is 25.1 Å². The van der Waals surface area contributed by atoms with E-state index in [0.29, 0.717) is 24.2 Å². The van der Waals surface area contributed by atoms with Gasteiger partial charge in [-0.1, -0.05) is 42.5 Å². The smallest absolute Gasteiger partial charge is 0.376 e. The molecule has 0 saturated carbocycles. The van der Waals surface area contributed by atoms with Gasteiger partial charge in [0.25, 0.3) is 5.69 Å². The molecule has 0 fully saturated rings. The van der Waals surface area contributed by atoms with E-state index in [1.54, 1.807) is 6.07 Å². The normalized spacial score (nSPS) is 13.3. The second-order valence-corrected chi connectivity index (χ2v) is 7.45. The van der Waals surface area contributed by atoms with E-state index in [1.807, 2.05) is 0 Å². The summed E-state index contributed by atoms with van der Waals surface area (Å²) in [6.45, 7) is 0.545. The molecular formula is C23H18F4N2O4. The van der Waals surface area contributed by atoms with E-state index in [2.05, 4.69) is 5.32 Å². The molecule has 1 amide bonds. The maximum atomic E-state index is 14.5. The van der Waals surface area contributed by atoms with Crippen molar-refractivity contribution < 1.29 is 32.4 Å². The molecule has 3 rings (SSSR count). The molecule has 1 atom stereocenters. The fourth-order valence-electron chi connectivity index (χ4n) is 3.17. The van der Waals surface area contributed by atoms with Gasteiger partial charge in [0.15, 0.2) is 5.60 Å². The quantitative estimate of drug-likeness (QED) is 0.293. The first kappa shape index (κ1) is 23.9. The highest BCUT2D eigenvalue weighted by atomic mass is 19.4. The van der Waals surface area contributed by atoms with Gasteiger partial charge in [0.05, 0.1) is 11.3 Å². The molecule has 0 aliphatic rings. The molecule has 1 unspecified atom stereocenters. The molecule has 0 aliphatic carbocycles. The number of anilines is 1. The van der Waals surface area contributed by atoms with Gasteiger partial charge in [-0.25, -0.2) is 4.39 Å². The monoisotopic (exact) mass is 462 g/mol. The number of para-hydroxylation sites is 1. The van der Waals surface area contributed by atoms with Gasteiger partial charge in [-0.05, 0) is 36.2 Å². The molecule has 172 valence electrons. The van der Waals surface area contributed by atoms with Crippen molar-refractivity contribution in [3.8, 4) is 11.1 Å². The first-order valence-electron chi connectivity index (χ1n) is 9.62. The number of nitro benzene ring substituents is 1. The highest BCUT2D eigenvalue weighted by molar-refractivity contribution is 5.93. The second kappa shape index (κ2) is 8.99. The molecule has 0 spiro atoms. The third-order valence-electron chi connectivity index (χ3n) is 5.10. The van der Waals surface area contributed by atoms with Crippen LogP contribution in [0, 0.1) is 15.9 Å². The lowest BCUT2D eigenvalue weighted by molar-refractivity contribution is -0.385. The zero-order valence-electron chi connectivity index (χ0n) is 17.2. The van der Waals surface area contributed by atoms with Crippen molar-refractivity contribution >= 4 is 17.3 Å². The summed E-state index contributed by atoms with van der Waals surface area (Å²) < 4.78 is 53.5. The van der Waals surface area contributed by atoms with E-state index >= 15 is 0 Å². The van der Waals surface area contributed by atoms with Crippen molar-refractivity contribution in [2.24, 2.45) is 0 Å². The number of carbonyl (C=O) groups excluding carboxylic acids is 1. The molecular weight excluding hydrogens is 444 g/mol. The Morgan fingerprint density at radius 2 is 1.70 bits per heavy atom. The van der Waals surface area contributed by atoms with E-state index in [0.717, 1.165) is 12.1 Å². The van der Waals surface area contributed by atoms with Crippen molar-refractivity contribution in [1.29, 1.82) is 0 Å². The minimum absolute atomic E-state index is 0.00881. The van der Waals surface area contributed by atoms with Crippen molar-refractivity contribution in [3.05, 3.63) is 93.8 Å². The van der Waals surface area contributed by atoms with Crippen LogP contribution in [0.5, 0.6) is 0 Å². The van der Waals surface area contributed by atoms with Crippen LogP contribution in [0.3, 0.4) is 0 Å². The Morgan fingerprint density at radius 1 is 1.06 bits per heavy atom. The summed E-state index contributed by atoms with van der Waals surface area (Å²) in [5.41, 5.74) is -3.07. The number of amides is 1. The van der Waals surface area contributed by atoms with Crippen LogP contribution in [0.25, 0.3) is 11.1 Å². The number of aliphatic hydroxyl groups is 1. The van der Waals surface area contributed by atoms with Crippen LogP contribution < -0.4 is 5.32 Å². The molecule has 0 aliphatic heterocycles. The number of hydrogen-bond donors (Lipinski definition) is 2. The van der Waals surface area contributed by atoms with E-state index in [-0.39, 0.29) is 23.2 Å². The standard InChI is InChI=1S/C23H18F4N2O4/c1-22(31,23(25,26)27)16-8-11-18(19(24)13-16)14-6-9-17(10-7-14)28-21(30)12-15-4-2-3-5-20(15)29(32)33/h2-11,13,31H,12H2,1H3,(H,28,30). The highest BCUT2D eigenvalue weighted by Gasteiger charge is 2.51. The lowest BCUT2D eigenvalue weighted by Crippen LogP contribution is -2.39. The summed E-state index contributed by atoms with van der Waals surface area (Å²) >= 11 is 0. The van der Waals surface area contributed by atoms with E-state index in [4.69, 9.17) is 0 Å². The molecule has 33 heavy (non-hydrogen) atoms. The fourth-order valence-corrected chi connectivity index (χ4v) is 3.17. The Hall–Kier alpha value is -3.79. The van der Waals surface area contributed by atoms with Gasteiger partial charge in [0, 0.05) is 22.9 Å². The topological polar surface area (TPSA) is 92.5 Å². The maximum Gasteiger partial charge on any atom is 0.421 e. The van der Waals surface area contributed by atoms with Crippen molar-refractivity contribution in [2.75, 3.05) is 5.32 Å². The van der Waals surface area contributed by atoms with Gasteiger partial charge >= 0.3 is 6.18 Å². The average molecular weight is 462 g/mol. The van der Waals surface area contributed by atoms with E-state index < -0.39 is 34.0 Å². The van der Waals surface area contributed by atoms with Gasteiger partial charge in [-0.15, -0.1) is 0 Å². The number of nitrogens with one attached hydrogen (secondary N) is 1. The zero-order chi connectivity index (χ0) is 24.4. The molecule has 0 radical (unpaired) electrons. The van der Waals surface area contributed by atoms with Gasteiger partial charge in [-0.3, -0.25) is 14.9 Å². The third kappa shape index (κ3) is 5.17. The molecule has 10 heteroatoms. The van der Waals surface area contributed by atoms with Gasteiger partial charge in [0.1, 0.15) is 5.82 Å². The molecule has 0 saturated heterocycles. The molecule has 0 bridgehead atoms. The molecule has 0 aromatic heterocycles. The number of benzene rings is 3. The van der Waals surface area contributed by atoms with Crippen molar-refractivity contribution in [3.63, 3.8) is 0 Å². The highest BCUT2D eigenvalue weighted by Crippen LogP contribution is 2.39. The number of rotatable bonds is 6. The lowest BCUT2D eigenvalue weighted by Gasteiger charge is -2.27. The third-order valence-corrected chi connectivity index (χ3v) is 5.10. The van der Waals surface area contributed by atoms with Gasteiger partial charge in [0.2, 0.25) is 5.91 Å². The molecule has 3 aromatic rings. The SMILES string of the molecule is CC(O)(c1ccc(-c2ccc(NC(=O)Cc3ccccc3[N+](=O)[O-])cc2)c(F)c1)C(F)(F)F. The average Bonchev–Trinajstić information content (AvgIpc) is 2.73. The number of carbonyl (C=O) groups is 1. The summed E-state index contributed by atoms with van der Waals surface area (Å²) in [6, 6.07) is 14.5. The summed E-state index contributed by atoms with van der Waals surface area (Å²) in [6.07, 6.45) is -5.20. The van der Waals surface area contributed by atoms with Crippen LogP contribution in [-0.2, 0) is 16.8 Å². The second-order valence-electron chi connectivity index (χ2n) is 7.45. The first-order chi connectivity index (χ1) is 15.4. The Balaban J connectivity index is 1.74. The van der Waals surface area contributed by atoms with Gasteiger partial charge in [-0.2, -0.15) is 13.2 Å². The van der Waals surface area contributed by atoms with Crippen LogP contribution in [0.1, 0.15) is 18.1 Å². The largest absolute Gasteiger partial charge is 0.421 e. The Kier molecular flexibility index (Phi) is 6.50. The summed E-state index contributed by atoms with van der Waals surface area (Å²) in [5, 5.41) is 23.4. The maximum absolute atomic E-state index is 14.5. The van der Waals surface area contributed by atoms with E-state index in [9.17, 15) is 37.6 Å². The fraction of sp³-hybridized carbons (Fsp3) is 0.174.